The van der Waals surface area contributed by atoms with E-state index in [0.717, 1.165) is 5.56 Å². The first-order valence-corrected chi connectivity index (χ1v) is 7.93. The molecule has 2 rings (SSSR count). The quantitative estimate of drug-likeness (QED) is 0.885. The smallest absolute Gasteiger partial charge is 0.317 e. The van der Waals surface area contributed by atoms with Crippen molar-refractivity contribution >= 4 is 35.1 Å². The Morgan fingerprint density at radius 3 is 2.45 bits per heavy atom. The zero-order chi connectivity index (χ0) is 16.3. The third-order valence-electron chi connectivity index (χ3n) is 3.97. The van der Waals surface area contributed by atoms with Gasteiger partial charge in [0, 0.05) is 19.0 Å². The molecule has 0 radical (unpaired) electrons. The molecule has 1 aromatic rings. The monoisotopic (exact) mass is 343 g/mol. The number of hydrogen-bond donors (Lipinski definition) is 2. The first-order chi connectivity index (χ1) is 10.4. The van der Waals surface area contributed by atoms with Crippen LogP contribution in [0.1, 0.15) is 31.4 Å². The number of carbonyl (C=O) groups is 2. The number of benzene rings is 1. The van der Waals surface area contributed by atoms with Gasteiger partial charge in [-0.3, -0.25) is 4.79 Å². The van der Waals surface area contributed by atoms with E-state index in [1.165, 1.54) is 0 Å². The molecule has 22 heavy (non-hydrogen) atoms. The van der Waals surface area contributed by atoms with E-state index in [-0.39, 0.29) is 23.9 Å². The molecule has 7 heteroatoms. The highest BCUT2D eigenvalue weighted by Gasteiger charge is 2.26. The van der Waals surface area contributed by atoms with Crippen LogP contribution in [0.3, 0.4) is 0 Å². The highest BCUT2D eigenvalue weighted by Crippen LogP contribution is 2.26. The van der Waals surface area contributed by atoms with Crippen molar-refractivity contribution < 1.29 is 9.59 Å². The second-order valence-electron chi connectivity index (χ2n) is 5.51. The molecule has 0 aliphatic carbocycles. The molecule has 0 bridgehead atoms. The fourth-order valence-corrected chi connectivity index (χ4v) is 2.82. The summed E-state index contributed by atoms with van der Waals surface area (Å²) in [5, 5.41) is 3.87. The Morgan fingerprint density at radius 2 is 1.91 bits per heavy atom. The van der Waals surface area contributed by atoms with Crippen molar-refractivity contribution in [3.8, 4) is 0 Å². The van der Waals surface area contributed by atoms with E-state index in [4.69, 9.17) is 28.9 Å². The van der Waals surface area contributed by atoms with Gasteiger partial charge in [-0.25, -0.2) is 4.79 Å². The van der Waals surface area contributed by atoms with Crippen molar-refractivity contribution in [2.24, 2.45) is 11.7 Å². The number of urea groups is 1. The SMILES string of the molecule is C[C@H](NC(=O)N1CCC(C(N)=O)CC1)c1ccc(Cl)c(Cl)c1. The van der Waals surface area contributed by atoms with Gasteiger partial charge in [-0.05, 0) is 37.5 Å². The molecular weight excluding hydrogens is 325 g/mol. The van der Waals surface area contributed by atoms with Gasteiger partial charge in [0.25, 0.3) is 0 Å². The standard InChI is InChI=1S/C15H19Cl2N3O2/c1-9(11-2-3-12(16)13(17)8-11)19-15(22)20-6-4-10(5-7-20)14(18)21/h2-3,8-10H,4-7H2,1H3,(H2,18,21)(H,19,22)/t9-/m0/s1. The van der Waals surface area contributed by atoms with Gasteiger partial charge < -0.3 is 16.0 Å². The third kappa shape index (κ3) is 4.05. The summed E-state index contributed by atoms with van der Waals surface area (Å²) in [6, 6.07) is 4.95. The van der Waals surface area contributed by atoms with E-state index >= 15 is 0 Å². The summed E-state index contributed by atoms with van der Waals surface area (Å²) < 4.78 is 0. The lowest BCUT2D eigenvalue weighted by Gasteiger charge is -2.31. The van der Waals surface area contributed by atoms with Gasteiger partial charge in [-0.2, -0.15) is 0 Å². The van der Waals surface area contributed by atoms with E-state index in [2.05, 4.69) is 5.32 Å². The van der Waals surface area contributed by atoms with Crippen molar-refractivity contribution in [3.05, 3.63) is 33.8 Å². The van der Waals surface area contributed by atoms with Crippen LogP contribution in [0, 0.1) is 5.92 Å². The Morgan fingerprint density at radius 1 is 1.27 bits per heavy atom. The minimum atomic E-state index is -0.288. The minimum absolute atomic E-state index is 0.128. The summed E-state index contributed by atoms with van der Waals surface area (Å²) in [5.74, 6) is -0.416. The lowest BCUT2D eigenvalue weighted by atomic mass is 9.96. The molecule has 1 heterocycles. The third-order valence-corrected chi connectivity index (χ3v) is 4.71. The molecule has 1 aliphatic rings. The van der Waals surface area contributed by atoms with Crippen molar-refractivity contribution in [1.82, 2.24) is 10.2 Å². The van der Waals surface area contributed by atoms with Crippen LogP contribution in [0.2, 0.25) is 10.0 Å². The Hall–Kier alpha value is -1.46. The number of amides is 3. The fraction of sp³-hybridized carbons (Fsp3) is 0.467. The van der Waals surface area contributed by atoms with Crippen molar-refractivity contribution in [1.29, 1.82) is 0 Å². The van der Waals surface area contributed by atoms with E-state index < -0.39 is 0 Å². The Labute approximate surface area is 139 Å². The van der Waals surface area contributed by atoms with Crippen molar-refractivity contribution in [3.63, 3.8) is 0 Å². The molecule has 1 fully saturated rings. The largest absolute Gasteiger partial charge is 0.369 e. The van der Waals surface area contributed by atoms with Gasteiger partial charge >= 0.3 is 6.03 Å². The van der Waals surface area contributed by atoms with Crippen LogP contribution in [0.15, 0.2) is 18.2 Å². The van der Waals surface area contributed by atoms with Gasteiger partial charge in [-0.1, -0.05) is 29.3 Å². The topological polar surface area (TPSA) is 75.4 Å². The summed E-state index contributed by atoms with van der Waals surface area (Å²) in [6.45, 7) is 2.95. The number of nitrogens with one attached hydrogen (secondary N) is 1. The summed E-state index contributed by atoms with van der Waals surface area (Å²) in [4.78, 5) is 25.1. The van der Waals surface area contributed by atoms with Crippen LogP contribution < -0.4 is 11.1 Å². The lowest BCUT2D eigenvalue weighted by Crippen LogP contribution is -2.46. The molecule has 0 spiro atoms. The number of primary amides is 1. The highest BCUT2D eigenvalue weighted by molar-refractivity contribution is 6.42. The number of likely N-dealkylation sites (tertiary alicyclic amines) is 1. The lowest BCUT2D eigenvalue weighted by molar-refractivity contribution is -0.123. The van der Waals surface area contributed by atoms with Gasteiger partial charge in [0.1, 0.15) is 0 Å². The maximum Gasteiger partial charge on any atom is 0.317 e. The molecule has 1 atom stereocenters. The summed E-state index contributed by atoms with van der Waals surface area (Å²) in [7, 11) is 0. The molecule has 0 unspecified atom stereocenters. The van der Waals surface area contributed by atoms with Crippen LogP contribution in [-0.2, 0) is 4.79 Å². The van der Waals surface area contributed by atoms with Crippen LogP contribution in [-0.4, -0.2) is 29.9 Å². The minimum Gasteiger partial charge on any atom is -0.369 e. The maximum atomic E-state index is 12.2. The van der Waals surface area contributed by atoms with Gasteiger partial charge in [0.05, 0.1) is 16.1 Å². The first-order valence-electron chi connectivity index (χ1n) is 7.18. The molecule has 120 valence electrons. The van der Waals surface area contributed by atoms with E-state index in [1.807, 2.05) is 13.0 Å². The van der Waals surface area contributed by atoms with Crippen LogP contribution in [0.25, 0.3) is 0 Å². The van der Waals surface area contributed by atoms with E-state index in [9.17, 15) is 9.59 Å². The molecule has 5 nitrogen and oxygen atoms in total. The molecule has 3 N–H and O–H groups in total. The van der Waals surface area contributed by atoms with E-state index in [1.54, 1.807) is 17.0 Å². The Balaban J connectivity index is 1.91. The van der Waals surface area contributed by atoms with Gasteiger partial charge in [0.15, 0.2) is 0 Å². The van der Waals surface area contributed by atoms with Crippen LogP contribution >= 0.6 is 23.2 Å². The van der Waals surface area contributed by atoms with E-state index in [0.29, 0.717) is 36.0 Å². The number of hydrogen-bond acceptors (Lipinski definition) is 2. The molecule has 0 saturated carbocycles. The molecule has 1 aromatic carbocycles. The predicted molar refractivity (Wildman–Crippen MR) is 86.9 cm³/mol. The average molecular weight is 344 g/mol. The number of carbonyl (C=O) groups excluding carboxylic acids is 2. The number of rotatable bonds is 3. The fourth-order valence-electron chi connectivity index (χ4n) is 2.51. The summed E-state index contributed by atoms with van der Waals surface area (Å²) >= 11 is 11.9. The van der Waals surface area contributed by atoms with Crippen molar-refractivity contribution in [2.75, 3.05) is 13.1 Å². The first kappa shape index (κ1) is 16.9. The highest BCUT2D eigenvalue weighted by atomic mass is 35.5. The molecule has 1 saturated heterocycles. The second-order valence-corrected chi connectivity index (χ2v) is 6.32. The van der Waals surface area contributed by atoms with Gasteiger partial charge in [-0.15, -0.1) is 0 Å². The average Bonchev–Trinajstić information content (AvgIpc) is 2.50. The Bertz CT molecular complexity index is 572. The zero-order valence-electron chi connectivity index (χ0n) is 12.3. The molecule has 0 aromatic heterocycles. The summed E-state index contributed by atoms with van der Waals surface area (Å²) in [5.41, 5.74) is 6.17. The number of piperidine rings is 1. The summed E-state index contributed by atoms with van der Waals surface area (Å²) in [6.07, 6.45) is 1.23. The Kier molecular flexibility index (Phi) is 5.53. The van der Waals surface area contributed by atoms with Crippen molar-refractivity contribution in [2.45, 2.75) is 25.8 Å². The van der Waals surface area contributed by atoms with Gasteiger partial charge in [0.2, 0.25) is 5.91 Å². The second kappa shape index (κ2) is 7.20. The zero-order valence-corrected chi connectivity index (χ0v) is 13.8. The number of nitrogens with zero attached hydrogens (tertiary/aromatic N) is 1. The van der Waals surface area contributed by atoms with Crippen LogP contribution in [0.5, 0.6) is 0 Å². The normalized spacial score (nSPS) is 17.1. The maximum absolute atomic E-state index is 12.2. The number of halogens is 2. The molecule has 3 amide bonds. The molecular formula is C15H19Cl2N3O2. The molecule has 1 aliphatic heterocycles. The number of nitrogens with two attached hydrogens (primary N) is 1. The van der Waals surface area contributed by atoms with Crippen LogP contribution in [0.4, 0.5) is 4.79 Å². The predicted octanol–water partition coefficient (Wildman–Crippen LogP) is 2.96.